The fourth-order valence-electron chi connectivity index (χ4n) is 3.49. The molecule has 2 aromatic rings. The molecule has 0 bridgehead atoms. The molecule has 22 heavy (non-hydrogen) atoms. The van der Waals surface area contributed by atoms with Crippen molar-refractivity contribution < 1.29 is 0 Å². The van der Waals surface area contributed by atoms with E-state index in [1.54, 1.807) is 0 Å². The lowest BCUT2D eigenvalue weighted by Crippen LogP contribution is -2.46. The van der Waals surface area contributed by atoms with Gasteiger partial charge in [-0.05, 0) is 25.3 Å². The number of anilines is 1. The highest BCUT2D eigenvalue weighted by atomic mass is 15.2. The normalized spacial score (nSPS) is 27.4. The summed E-state index contributed by atoms with van der Waals surface area (Å²) in [4.78, 5) is 16.1. The Morgan fingerprint density at radius 3 is 2.77 bits per heavy atom. The maximum absolute atomic E-state index is 6.21. The molecule has 5 heteroatoms. The van der Waals surface area contributed by atoms with Gasteiger partial charge in [-0.2, -0.15) is 0 Å². The zero-order chi connectivity index (χ0) is 15.3. The molecular weight excluding hydrogens is 274 g/mol. The molecule has 0 saturated carbocycles. The lowest BCUT2D eigenvalue weighted by atomic mass is 9.95. The SMILES string of the molecule is Cc1cnc2c(N3C[C@@H](C)C[C@@H](N)C3)ccc(C3C=N3)c2n1. The van der Waals surface area contributed by atoms with Crippen LogP contribution in [0.4, 0.5) is 5.69 Å². The molecule has 0 amide bonds. The lowest BCUT2D eigenvalue weighted by Gasteiger charge is -2.36. The van der Waals surface area contributed by atoms with E-state index in [1.165, 1.54) is 0 Å². The number of aromatic nitrogens is 2. The van der Waals surface area contributed by atoms with Crippen molar-refractivity contribution in [1.82, 2.24) is 9.97 Å². The Balaban J connectivity index is 1.83. The highest BCUT2D eigenvalue weighted by Gasteiger charge is 2.26. The van der Waals surface area contributed by atoms with Gasteiger partial charge in [-0.15, -0.1) is 0 Å². The molecule has 2 aliphatic heterocycles. The molecule has 1 aromatic carbocycles. The quantitative estimate of drug-likeness (QED) is 0.922. The number of piperidine rings is 1. The van der Waals surface area contributed by atoms with Crippen LogP contribution in [0.25, 0.3) is 11.0 Å². The number of aliphatic imine (C=N–C) groups is 1. The molecule has 1 aromatic heterocycles. The number of hydrogen-bond acceptors (Lipinski definition) is 5. The van der Waals surface area contributed by atoms with Crippen molar-refractivity contribution in [3.05, 3.63) is 29.6 Å². The van der Waals surface area contributed by atoms with Crippen molar-refractivity contribution in [3.8, 4) is 0 Å². The van der Waals surface area contributed by atoms with Crippen molar-refractivity contribution in [2.24, 2.45) is 16.6 Å². The van der Waals surface area contributed by atoms with Crippen LogP contribution in [0.2, 0.25) is 0 Å². The molecule has 5 nitrogen and oxygen atoms in total. The van der Waals surface area contributed by atoms with Gasteiger partial charge < -0.3 is 10.6 Å². The van der Waals surface area contributed by atoms with E-state index in [2.05, 4.69) is 33.9 Å². The molecule has 3 heterocycles. The summed E-state index contributed by atoms with van der Waals surface area (Å²) in [5.41, 5.74) is 11.4. The van der Waals surface area contributed by atoms with Crippen LogP contribution in [0.3, 0.4) is 0 Å². The number of nitrogens with two attached hydrogens (primary N) is 1. The Hall–Kier alpha value is -2.01. The van der Waals surface area contributed by atoms with Crippen LogP contribution in [0.1, 0.15) is 30.6 Å². The van der Waals surface area contributed by atoms with E-state index in [-0.39, 0.29) is 12.1 Å². The molecule has 2 N–H and O–H groups in total. The fraction of sp³-hybridized carbons (Fsp3) is 0.471. The van der Waals surface area contributed by atoms with Crippen LogP contribution in [0.5, 0.6) is 0 Å². The predicted molar refractivity (Wildman–Crippen MR) is 89.5 cm³/mol. The monoisotopic (exact) mass is 295 g/mol. The van der Waals surface area contributed by atoms with E-state index in [4.69, 9.17) is 10.7 Å². The smallest absolute Gasteiger partial charge is 0.112 e. The largest absolute Gasteiger partial charge is 0.368 e. The van der Waals surface area contributed by atoms with E-state index >= 15 is 0 Å². The highest BCUT2D eigenvalue weighted by molar-refractivity contribution is 5.95. The van der Waals surface area contributed by atoms with Crippen molar-refractivity contribution in [2.75, 3.05) is 18.0 Å². The van der Waals surface area contributed by atoms with Crippen LogP contribution in [0, 0.1) is 12.8 Å². The molecule has 0 radical (unpaired) electrons. The summed E-state index contributed by atoms with van der Waals surface area (Å²) in [5, 5.41) is 0. The maximum Gasteiger partial charge on any atom is 0.112 e. The van der Waals surface area contributed by atoms with Gasteiger partial charge in [-0.25, -0.2) is 4.98 Å². The molecule has 114 valence electrons. The van der Waals surface area contributed by atoms with Gasteiger partial charge in [0.15, 0.2) is 0 Å². The van der Waals surface area contributed by atoms with Gasteiger partial charge in [0.25, 0.3) is 0 Å². The minimum Gasteiger partial charge on any atom is -0.368 e. The summed E-state index contributed by atoms with van der Waals surface area (Å²) in [6.45, 7) is 6.15. The van der Waals surface area contributed by atoms with E-state index in [9.17, 15) is 0 Å². The molecule has 4 rings (SSSR count). The maximum atomic E-state index is 6.21. The van der Waals surface area contributed by atoms with E-state index in [0.29, 0.717) is 5.92 Å². The van der Waals surface area contributed by atoms with Crippen molar-refractivity contribution in [1.29, 1.82) is 0 Å². The highest BCUT2D eigenvalue weighted by Crippen LogP contribution is 2.35. The Morgan fingerprint density at radius 2 is 2.05 bits per heavy atom. The van der Waals surface area contributed by atoms with E-state index in [1.807, 2.05) is 19.3 Å². The number of benzene rings is 1. The second-order valence-electron chi connectivity index (χ2n) is 6.63. The summed E-state index contributed by atoms with van der Waals surface area (Å²) in [6.07, 6.45) is 4.89. The standard InChI is InChI=1S/C17H21N5/c1-10-5-12(18)9-22(8-10)15-4-3-13(14-7-19-14)16-17(15)20-6-11(2)21-16/h3-4,6-7,10,12,14H,5,8-9,18H2,1-2H3/t10-,12+,14?/m0/s1. The lowest BCUT2D eigenvalue weighted by molar-refractivity contribution is 0.402. The third-order valence-corrected chi connectivity index (χ3v) is 4.48. The third-order valence-electron chi connectivity index (χ3n) is 4.48. The topological polar surface area (TPSA) is 67.4 Å². The van der Waals surface area contributed by atoms with Crippen molar-refractivity contribution >= 4 is 22.9 Å². The second-order valence-corrected chi connectivity index (χ2v) is 6.63. The molecule has 1 fully saturated rings. The van der Waals surface area contributed by atoms with Crippen LogP contribution in [-0.4, -0.2) is 35.3 Å². The van der Waals surface area contributed by atoms with Crippen molar-refractivity contribution in [2.45, 2.75) is 32.4 Å². The molecule has 1 saturated heterocycles. The molecule has 0 spiro atoms. The van der Waals surface area contributed by atoms with Crippen LogP contribution in [0.15, 0.2) is 23.3 Å². The minimum absolute atomic E-state index is 0.190. The molecular formula is C17H21N5. The molecule has 1 unspecified atom stereocenters. The summed E-state index contributed by atoms with van der Waals surface area (Å²) in [7, 11) is 0. The Kier molecular flexibility index (Phi) is 3.11. The second kappa shape index (κ2) is 5.02. The first kappa shape index (κ1) is 13.6. The van der Waals surface area contributed by atoms with Gasteiger partial charge in [0.05, 0.1) is 16.9 Å². The Bertz CT molecular complexity index is 738. The van der Waals surface area contributed by atoms with Crippen LogP contribution >= 0.6 is 0 Å². The first-order valence-corrected chi connectivity index (χ1v) is 7.92. The van der Waals surface area contributed by atoms with Crippen LogP contribution in [-0.2, 0) is 0 Å². The summed E-state index contributed by atoms with van der Waals surface area (Å²) < 4.78 is 0. The molecule has 2 aliphatic rings. The summed E-state index contributed by atoms with van der Waals surface area (Å²) in [5.74, 6) is 0.601. The molecule has 3 atom stereocenters. The van der Waals surface area contributed by atoms with Gasteiger partial charge in [0.1, 0.15) is 11.6 Å². The number of aryl methyl sites for hydroxylation is 1. The Labute approximate surface area is 130 Å². The van der Waals surface area contributed by atoms with Gasteiger partial charge in [-0.1, -0.05) is 13.0 Å². The average Bonchev–Trinajstić information content (AvgIpc) is 3.29. The zero-order valence-electron chi connectivity index (χ0n) is 13.0. The summed E-state index contributed by atoms with van der Waals surface area (Å²) in [6, 6.07) is 4.72. The zero-order valence-corrected chi connectivity index (χ0v) is 13.0. The van der Waals surface area contributed by atoms with Crippen LogP contribution < -0.4 is 10.6 Å². The first-order chi connectivity index (χ1) is 10.6. The van der Waals surface area contributed by atoms with E-state index < -0.39 is 0 Å². The molecule has 0 aliphatic carbocycles. The van der Waals surface area contributed by atoms with Crippen molar-refractivity contribution in [3.63, 3.8) is 0 Å². The number of fused-ring (bicyclic) bond motifs is 1. The van der Waals surface area contributed by atoms with Gasteiger partial charge >= 0.3 is 0 Å². The van der Waals surface area contributed by atoms with Gasteiger partial charge in [0, 0.05) is 37.1 Å². The fourth-order valence-corrected chi connectivity index (χ4v) is 3.49. The predicted octanol–water partition coefficient (Wildman–Crippen LogP) is 2.24. The number of rotatable bonds is 2. The van der Waals surface area contributed by atoms with E-state index in [0.717, 1.165) is 47.5 Å². The van der Waals surface area contributed by atoms with Gasteiger partial charge in [-0.3, -0.25) is 9.98 Å². The third kappa shape index (κ3) is 2.35. The Morgan fingerprint density at radius 1 is 1.23 bits per heavy atom. The minimum atomic E-state index is 0.190. The number of hydrogen-bond donors (Lipinski definition) is 1. The number of nitrogens with zero attached hydrogens (tertiary/aromatic N) is 4. The average molecular weight is 295 g/mol. The summed E-state index contributed by atoms with van der Waals surface area (Å²) >= 11 is 0. The first-order valence-electron chi connectivity index (χ1n) is 7.92. The van der Waals surface area contributed by atoms with Gasteiger partial charge in [0.2, 0.25) is 0 Å².